The first kappa shape index (κ1) is 18.8. The predicted molar refractivity (Wildman–Crippen MR) is 93.3 cm³/mol. The Bertz CT molecular complexity index is 825. The molecule has 2 bridgehead atoms. The summed E-state index contributed by atoms with van der Waals surface area (Å²) < 4.78 is 45.9. The molecule has 1 amide bonds. The third kappa shape index (κ3) is 3.83. The maximum Gasteiger partial charge on any atom is 0.416 e. The van der Waals surface area contributed by atoms with Crippen molar-refractivity contribution in [3.05, 3.63) is 42.5 Å². The van der Waals surface area contributed by atoms with Crippen LogP contribution in [0.1, 0.15) is 31.2 Å². The molecule has 0 unspecified atom stereocenters. The van der Waals surface area contributed by atoms with Gasteiger partial charge in [-0.2, -0.15) is 18.3 Å². The van der Waals surface area contributed by atoms with Gasteiger partial charge in [0.2, 0.25) is 5.91 Å². The molecule has 1 saturated heterocycles. The van der Waals surface area contributed by atoms with E-state index in [-0.39, 0.29) is 30.3 Å². The van der Waals surface area contributed by atoms with Gasteiger partial charge in [-0.15, -0.1) is 0 Å². The summed E-state index contributed by atoms with van der Waals surface area (Å²) in [6, 6.07) is 4.97. The van der Waals surface area contributed by atoms with Gasteiger partial charge >= 0.3 is 6.18 Å². The van der Waals surface area contributed by atoms with Crippen LogP contribution in [0.15, 0.2) is 36.9 Å². The zero-order valence-corrected chi connectivity index (χ0v) is 15.2. The number of aromatic nitrogens is 3. The van der Waals surface area contributed by atoms with E-state index in [0.29, 0.717) is 18.9 Å². The van der Waals surface area contributed by atoms with Gasteiger partial charge in [0.1, 0.15) is 25.0 Å². The molecule has 2 fully saturated rings. The summed E-state index contributed by atoms with van der Waals surface area (Å²) in [6.45, 7) is 0.658. The summed E-state index contributed by atoms with van der Waals surface area (Å²) in [5.41, 5.74) is -0.737. The number of piperidine rings is 1. The van der Waals surface area contributed by atoms with Crippen molar-refractivity contribution in [2.24, 2.45) is 5.92 Å². The number of rotatable bonds is 6. The van der Waals surface area contributed by atoms with Crippen LogP contribution < -0.4 is 4.74 Å². The third-order valence-electron chi connectivity index (χ3n) is 5.63. The number of hydrogen-bond donors (Lipinski definition) is 0. The first-order valence-corrected chi connectivity index (χ1v) is 9.35. The average Bonchev–Trinajstić information content (AvgIpc) is 3.41. The molecule has 0 N–H and O–H groups in total. The molecule has 2 aromatic rings. The second-order valence-corrected chi connectivity index (χ2v) is 7.34. The molecular formula is C19H21F3N4O2. The summed E-state index contributed by atoms with van der Waals surface area (Å²) in [7, 11) is 0. The van der Waals surface area contributed by atoms with Crippen molar-refractivity contribution in [2.45, 2.75) is 50.5 Å². The summed E-state index contributed by atoms with van der Waals surface area (Å²) in [4.78, 5) is 18.6. The molecule has 0 spiro atoms. The van der Waals surface area contributed by atoms with E-state index in [0.717, 1.165) is 31.4 Å². The summed E-state index contributed by atoms with van der Waals surface area (Å²) in [5.74, 6) is 0.541. The monoisotopic (exact) mass is 394 g/mol. The highest BCUT2D eigenvalue weighted by atomic mass is 19.4. The maximum atomic E-state index is 12.9. The van der Waals surface area contributed by atoms with Crippen molar-refractivity contribution in [2.75, 3.05) is 6.61 Å². The number of fused-ring (bicyclic) bond motifs is 2. The van der Waals surface area contributed by atoms with Gasteiger partial charge in [-0.05, 0) is 43.4 Å². The Morgan fingerprint density at radius 3 is 2.89 bits per heavy atom. The maximum absolute atomic E-state index is 12.9. The number of amides is 1. The fourth-order valence-corrected chi connectivity index (χ4v) is 4.33. The molecule has 1 saturated carbocycles. The van der Waals surface area contributed by atoms with E-state index in [1.165, 1.54) is 18.5 Å². The standard InChI is InChI=1S/C19H21F3N4O2/c20-19(21,22)14-2-1-3-16(9-14)28-10-17-13-4-5-15(8-13)26(17)18(27)6-7-25-12-23-11-24-25/h1-3,9,11-13,15,17H,4-8,10H2/t13-,15+,17-/m0/s1. The summed E-state index contributed by atoms with van der Waals surface area (Å²) in [5, 5.41) is 4.00. The van der Waals surface area contributed by atoms with E-state index in [9.17, 15) is 18.0 Å². The van der Waals surface area contributed by atoms with Gasteiger partial charge in [-0.25, -0.2) is 4.98 Å². The first-order valence-electron chi connectivity index (χ1n) is 9.35. The van der Waals surface area contributed by atoms with Crippen LogP contribution in [0.5, 0.6) is 5.75 Å². The normalized spacial score (nSPS) is 24.0. The van der Waals surface area contributed by atoms with E-state index < -0.39 is 11.7 Å². The number of likely N-dealkylation sites (tertiary alicyclic amines) is 1. The molecule has 150 valence electrons. The molecule has 2 heterocycles. The van der Waals surface area contributed by atoms with E-state index in [1.54, 1.807) is 11.0 Å². The zero-order valence-electron chi connectivity index (χ0n) is 15.2. The fraction of sp³-hybridized carbons (Fsp3) is 0.526. The number of hydrogen-bond acceptors (Lipinski definition) is 4. The topological polar surface area (TPSA) is 60.2 Å². The Balaban J connectivity index is 1.40. The molecule has 4 rings (SSSR count). The van der Waals surface area contributed by atoms with Crippen molar-refractivity contribution in [3.8, 4) is 5.75 Å². The lowest BCUT2D eigenvalue weighted by Gasteiger charge is -2.35. The molecule has 3 atom stereocenters. The van der Waals surface area contributed by atoms with Crippen molar-refractivity contribution < 1.29 is 22.7 Å². The van der Waals surface area contributed by atoms with Crippen LogP contribution in [0, 0.1) is 5.92 Å². The fourth-order valence-electron chi connectivity index (χ4n) is 4.33. The second kappa shape index (κ2) is 7.44. The van der Waals surface area contributed by atoms with E-state index in [2.05, 4.69) is 10.1 Å². The molecule has 9 heteroatoms. The van der Waals surface area contributed by atoms with Crippen LogP contribution in [-0.4, -0.2) is 44.3 Å². The minimum absolute atomic E-state index is 0.0281. The lowest BCUT2D eigenvalue weighted by molar-refractivity contribution is -0.137. The second-order valence-electron chi connectivity index (χ2n) is 7.34. The Labute approximate surface area is 160 Å². The number of alkyl halides is 3. The molecule has 2 aliphatic rings. The summed E-state index contributed by atoms with van der Waals surface area (Å²) >= 11 is 0. The number of halogens is 3. The smallest absolute Gasteiger partial charge is 0.416 e. The van der Waals surface area contributed by atoms with Crippen LogP contribution in [-0.2, 0) is 17.5 Å². The molecule has 1 aliphatic heterocycles. The average molecular weight is 394 g/mol. The molecule has 28 heavy (non-hydrogen) atoms. The molecule has 6 nitrogen and oxygen atoms in total. The van der Waals surface area contributed by atoms with Crippen LogP contribution in [0.3, 0.4) is 0 Å². The lowest BCUT2D eigenvalue weighted by atomic mass is 9.99. The highest BCUT2D eigenvalue weighted by molar-refractivity contribution is 5.77. The SMILES string of the molecule is O=C(CCn1cncn1)N1[C@@H]2CC[C@@H](C2)[C@@H]1COc1cccc(C(F)(F)F)c1. The van der Waals surface area contributed by atoms with Crippen molar-refractivity contribution >= 4 is 5.91 Å². The number of nitrogens with zero attached hydrogens (tertiary/aromatic N) is 4. The highest BCUT2D eigenvalue weighted by Crippen LogP contribution is 2.43. The minimum Gasteiger partial charge on any atom is -0.491 e. The minimum atomic E-state index is -4.41. The van der Waals surface area contributed by atoms with E-state index in [4.69, 9.17) is 4.74 Å². The molecule has 0 radical (unpaired) electrons. The van der Waals surface area contributed by atoms with Crippen molar-refractivity contribution in [1.29, 1.82) is 0 Å². The zero-order chi connectivity index (χ0) is 19.7. The Morgan fingerprint density at radius 1 is 1.29 bits per heavy atom. The van der Waals surface area contributed by atoms with Gasteiger partial charge in [0.25, 0.3) is 0 Å². The highest BCUT2D eigenvalue weighted by Gasteiger charge is 2.48. The van der Waals surface area contributed by atoms with E-state index in [1.807, 2.05) is 4.90 Å². The van der Waals surface area contributed by atoms with Gasteiger partial charge < -0.3 is 9.64 Å². The number of carbonyl (C=O) groups excluding carboxylic acids is 1. The van der Waals surface area contributed by atoms with Gasteiger partial charge in [0.15, 0.2) is 0 Å². The van der Waals surface area contributed by atoms with E-state index >= 15 is 0 Å². The molecule has 1 aliphatic carbocycles. The van der Waals surface area contributed by atoms with Gasteiger partial charge in [-0.3, -0.25) is 9.48 Å². The number of ether oxygens (including phenoxy) is 1. The first-order chi connectivity index (χ1) is 13.4. The largest absolute Gasteiger partial charge is 0.491 e. The Kier molecular flexibility index (Phi) is 4.99. The lowest BCUT2D eigenvalue weighted by Crippen LogP contribution is -2.48. The van der Waals surface area contributed by atoms with Crippen molar-refractivity contribution in [1.82, 2.24) is 19.7 Å². The van der Waals surface area contributed by atoms with Crippen LogP contribution in [0.25, 0.3) is 0 Å². The van der Waals surface area contributed by atoms with Gasteiger partial charge in [0.05, 0.1) is 18.2 Å². The van der Waals surface area contributed by atoms with Crippen LogP contribution in [0.4, 0.5) is 13.2 Å². The molecule has 1 aromatic carbocycles. The van der Waals surface area contributed by atoms with Crippen molar-refractivity contribution in [3.63, 3.8) is 0 Å². The Hall–Kier alpha value is -2.58. The quantitative estimate of drug-likeness (QED) is 0.755. The molecular weight excluding hydrogens is 373 g/mol. The van der Waals surface area contributed by atoms with Crippen LogP contribution >= 0.6 is 0 Å². The summed E-state index contributed by atoms with van der Waals surface area (Å²) in [6.07, 6.45) is 1.83. The van der Waals surface area contributed by atoms with Gasteiger partial charge in [0, 0.05) is 12.5 Å². The number of carbonyl (C=O) groups is 1. The third-order valence-corrected chi connectivity index (χ3v) is 5.63. The number of aryl methyl sites for hydroxylation is 1. The molecule has 1 aromatic heterocycles. The number of benzene rings is 1. The van der Waals surface area contributed by atoms with Gasteiger partial charge in [-0.1, -0.05) is 6.07 Å². The predicted octanol–water partition coefficient (Wildman–Crippen LogP) is 3.15. The Morgan fingerprint density at radius 2 is 2.14 bits per heavy atom. The van der Waals surface area contributed by atoms with Crippen LogP contribution in [0.2, 0.25) is 0 Å².